The zero-order valence-electron chi connectivity index (χ0n) is 23.8. The second kappa shape index (κ2) is 10.3. The van der Waals surface area contributed by atoms with Crippen molar-refractivity contribution in [3.8, 4) is 5.75 Å². The SMILES string of the molecule is COc1c(NC(=O)c2ccc(C)c(N3CC(c4cnc(C(C)=O)n4C)N=N3)c2)cc(C2(C)CC2)cc1NS(C)(=O)=O. The van der Waals surface area contributed by atoms with Crippen LogP contribution in [0.15, 0.2) is 46.9 Å². The molecule has 2 aliphatic rings. The number of hydrogen-bond acceptors (Lipinski definition) is 9. The predicted molar refractivity (Wildman–Crippen MR) is 155 cm³/mol. The van der Waals surface area contributed by atoms with Gasteiger partial charge in [0.15, 0.2) is 17.4 Å². The third kappa shape index (κ3) is 5.67. The van der Waals surface area contributed by atoms with Crippen molar-refractivity contribution in [1.29, 1.82) is 0 Å². The highest BCUT2D eigenvalue weighted by Crippen LogP contribution is 2.51. The number of methoxy groups -OCH3 is 1. The number of Topliss-reactive ketones (excluding diaryl/α,β-unsaturated/α-hetero) is 1. The van der Waals surface area contributed by atoms with Crippen LogP contribution in [0.4, 0.5) is 17.1 Å². The van der Waals surface area contributed by atoms with Crippen molar-refractivity contribution in [3.63, 3.8) is 0 Å². The molecule has 1 atom stereocenters. The Balaban J connectivity index is 1.41. The lowest BCUT2D eigenvalue weighted by molar-refractivity contribution is 0.0997. The molecule has 2 N–H and O–H groups in total. The molecule has 1 saturated carbocycles. The summed E-state index contributed by atoms with van der Waals surface area (Å²) in [7, 11) is -0.386. The largest absolute Gasteiger partial charge is 0.492 e. The van der Waals surface area contributed by atoms with E-state index in [-0.39, 0.29) is 28.7 Å². The molecule has 0 saturated heterocycles. The summed E-state index contributed by atoms with van der Waals surface area (Å²) >= 11 is 0. The number of ether oxygens (including phenoxy) is 1. The van der Waals surface area contributed by atoms with Gasteiger partial charge < -0.3 is 14.6 Å². The molecule has 216 valence electrons. The lowest BCUT2D eigenvalue weighted by Gasteiger charge is -2.20. The van der Waals surface area contributed by atoms with Gasteiger partial charge in [0.05, 0.1) is 48.9 Å². The number of aryl methyl sites for hydroxylation is 1. The third-order valence-electron chi connectivity index (χ3n) is 7.61. The Hall–Kier alpha value is -4.26. The van der Waals surface area contributed by atoms with Crippen LogP contribution >= 0.6 is 0 Å². The van der Waals surface area contributed by atoms with Gasteiger partial charge in [-0.25, -0.2) is 18.4 Å². The fourth-order valence-electron chi connectivity index (χ4n) is 4.99. The molecule has 2 aromatic carbocycles. The number of carbonyl (C=O) groups excluding carboxylic acids is 2. The molecule has 3 aromatic rings. The summed E-state index contributed by atoms with van der Waals surface area (Å²) in [5.74, 6) is 0.0565. The molecule has 1 fully saturated rings. The van der Waals surface area contributed by atoms with Crippen molar-refractivity contribution in [1.82, 2.24) is 9.55 Å². The van der Waals surface area contributed by atoms with Crippen LogP contribution in [0.3, 0.4) is 0 Å². The first kappa shape index (κ1) is 28.3. The van der Waals surface area contributed by atoms with Crippen molar-refractivity contribution >= 4 is 38.8 Å². The van der Waals surface area contributed by atoms with Crippen molar-refractivity contribution in [2.24, 2.45) is 17.4 Å². The van der Waals surface area contributed by atoms with E-state index in [0.717, 1.165) is 35.9 Å². The highest BCUT2D eigenvalue weighted by atomic mass is 32.2. The van der Waals surface area contributed by atoms with Crippen LogP contribution in [0.25, 0.3) is 0 Å². The third-order valence-corrected chi connectivity index (χ3v) is 8.20. The number of rotatable bonds is 9. The predicted octanol–water partition coefficient (Wildman–Crippen LogP) is 4.54. The van der Waals surface area contributed by atoms with Gasteiger partial charge in [-0.1, -0.05) is 18.2 Å². The molecule has 2 heterocycles. The standard InChI is InChI=1S/C28H33N7O5S/c1-16-7-8-18(11-23(16)35-15-22(31-33-35)24-14-29-26(17(2)36)34(24)4)27(37)30-20-12-19(28(3)9-10-28)13-21(25(20)40-5)32-41(6,38)39/h7-8,11-14,22,32H,9-10,15H2,1-6H3,(H,30,37). The average molecular weight is 580 g/mol. The van der Waals surface area contributed by atoms with Crippen LogP contribution in [0.1, 0.15) is 70.5 Å². The van der Waals surface area contributed by atoms with Crippen LogP contribution in [-0.2, 0) is 22.5 Å². The maximum Gasteiger partial charge on any atom is 0.255 e. The average Bonchev–Trinajstić information content (AvgIpc) is 3.28. The number of hydrogen-bond donors (Lipinski definition) is 2. The number of nitrogens with one attached hydrogen (secondary N) is 2. The zero-order valence-corrected chi connectivity index (χ0v) is 24.7. The number of carbonyl (C=O) groups is 2. The first-order chi connectivity index (χ1) is 19.3. The van der Waals surface area contributed by atoms with Crippen LogP contribution in [0.2, 0.25) is 0 Å². The molecule has 5 rings (SSSR count). The number of sulfonamides is 1. The molecule has 1 aromatic heterocycles. The maximum atomic E-state index is 13.5. The normalized spacial score (nSPS) is 17.4. The first-order valence-corrected chi connectivity index (χ1v) is 15.0. The summed E-state index contributed by atoms with van der Waals surface area (Å²) in [6.45, 7) is 5.90. The topological polar surface area (TPSA) is 147 Å². The lowest BCUT2D eigenvalue weighted by Crippen LogP contribution is -2.20. The van der Waals surface area contributed by atoms with Crippen LogP contribution < -0.4 is 19.8 Å². The van der Waals surface area contributed by atoms with Gasteiger partial charge in [-0.05, 0) is 60.6 Å². The number of ketones is 1. The first-order valence-electron chi connectivity index (χ1n) is 13.1. The van der Waals surface area contributed by atoms with Crippen LogP contribution in [0.5, 0.6) is 5.75 Å². The molecule has 1 aliphatic carbocycles. The molecule has 1 unspecified atom stereocenters. The second-order valence-electron chi connectivity index (χ2n) is 10.9. The molecule has 41 heavy (non-hydrogen) atoms. The van der Waals surface area contributed by atoms with E-state index in [9.17, 15) is 18.0 Å². The van der Waals surface area contributed by atoms with Crippen LogP contribution in [-0.4, -0.2) is 49.6 Å². The van der Waals surface area contributed by atoms with Gasteiger partial charge in [-0.3, -0.25) is 14.3 Å². The summed E-state index contributed by atoms with van der Waals surface area (Å²) < 4.78 is 33.9. The fraction of sp³-hybridized carbons (Fsp3) is 0.393. The van der Waals surface area contributed by atoms with Gasteiger partial charge in [0.25, 0.3) is 5.91 Å². The number of nitrogens with zero attached hydrogens (tertiary/aromatic N) is 5. The van der Waals surface area contributed by atoms with E-state index in [1.165, 1.54) is 14.0 Å². The summed E-state index contributed by atoms with van der Waals surface area (Å²) in [6, 6.07) is 8.57. The van der Waals surface area contributed by atoms with E-state index in [1.54, 1.807) is 41.0 Å². The monoisotopic (exact) mass is 579 g/mol. The van der Waals surface area contributed by atoms with Crippen molar-refractivity contribution in [2.45, 2.75) is 45.1 Å². The Morgan fingerprint density at radius 2 is 1.85 bits per heavy atom. The fourth-order valence-corrected chi connectivity index (χ4v) is 5.54. The van der Waals surface area contributed by atoms with Crippen molar-refractivity contribution in [2.75, 3.05) is 35.0 Å². The quantitative estimate of drug-likeness (QED) is 0.354. The van der Waals surface area contributed by atoms with Gasteiger partial charge in [0.2, 0.25) is 10.0 Å². The number of amides is 1. The Morgan fingerprint density at radius 3 is 2.46 bits per heavy atom. The molecule has 0 radical (unpaired) electrons. The molecule has 1 aliphatic heterocycles. The Bertz CT molecular complexity index is 1690. The summed E-state index contributed by atoms with van der Waals surface area (Å²) in [5.41, 5.74) is 4.22. The second-order valence-corrected chi connectivity index (χ2v) is 12.7. The molecule has 13 heteroatoms. The van der Waals surface area contributed by atoms with E-state index in [1.807, 2.05) is 19.1 Å². The number of aromatic nitrogens is 2. The smallest absolute Gasteiger partial charge is 0.255 e. The molecular weight excluding hydrogens is 546 g/mol. The Labute approximate surface area is 238 Å². The van der Waals surface area contributed by atoms with Gasteiger partial charge in [-0.15, -0.1) is 0 Å². The van der Waals surface area contributed by atoms with Crippen molar-refractivity contribution < 1.29 is 22.7 Å². The van der Waals surface area contributed by atoms with Gasteiger partial charge in [-0.2, -0.15) is 5.11 Å². The number of imidazole rings is 1. The minimum atomic E-state index is -3.59. The highest BCUT2D eigenvalue weighted by Gasteiger charge is 2.40. The van der Waals surface area contributed by atoms with E-state index >= 15 is 0 Å². The summed E-state index contributed by atoms with van der Waals surface area (Å²) in [5, 5.41) is 13.4. The van der Waals surface area contributed by atoms with E-state index in [0.29, 0.717) is 29.3 Å². The molecular formula is C28H33N7O5S. The van der Waals surface area contributed by atoms with Gasteiger partial charge in [0.1, 0.15) is 6.04 Å². The molecule has 12 nitrogen and oxygen atoms in total. The maximum absolute atomic E-state index is 13.5. The van der Waals surface area contributed by atoms with Crippen LogP contribution in [0, 0.1) is 6.92 Å². The van der Waals surface area contributed by atoms with Gasteiger partial charge >= 0.3 is 0 Å². The number of benzene rings is 2. The minimum Gasteiger partial charge on any atom is -0.492 e. The van der Waals surface area contributed by atoms with E-state index in [2.05, 4.69) is 32.3 Å². The van der Waals surface area contributed by atoms with Gasteiger partial charge in [0, 0.05) is 19.5 Å². The minimum absolute atomic E-state index is 0.0902. The van der Waals surface area contributed by atoms with E-state index in [4.69, 9.17) is 4.74 Å². The highest BCUT2D eigenvalue weighted by molar-refractivity contribution is 7.92. The van der Waals surface area contributed by atoms with E-state index < -0.39 is 15.9 Å². The zero-order chi connectivity index (χ0) is 29.7. The summed E-state index contributed by atoms with van der Waals surface area (Å²) in [4.78, 5) is 29.5. The molecule has 0 bridgehead atoms. The number of anilines is 3. The molecule has 1 amide bonds. The van der Waals surface area contributed by atoms with Crippen molar-refractivity contribution in [3.05, 3.63) is 64.7 Å². The Morgan fingerprint density at radius 1 is 1.15 bits per heavy atom. The Kier molecular flexibility index (Phi) is 7.10. The summed E-state index contributed by atoms with van der Waals surface area (Å²) in [6.07, 6.45) is 4.64. The molecule has 0 spiro atoms. The lowest BCUT2D eigenvalue weighted by atomic mass is 9.96.